The molecule has 0 aliphatic carbocycles. The van der Waals surface area contributed by atoms with Crippen molar-refractivity contribution in [3.63, 3.8) is 0 Å². The maximum atomic E-state index is 13.5. The number of halogens is 4. The van der Waals surface area contributed by atoms with Crippen LogP contribution in [0.1, 0.15) is 107 Å². The Balaban J connectivity index is 0.000000152. The molecule has 7 aliphatic rings. The zero-order chi connectivity index (χ0) is 102. The lowest BCUT2D eigenvalue weighted by Gasteiger charge is -2.38. The predicted molar refractivity (Wildman–Crippen MR) is 585 cm³/mol. The molecular weight excluding hydrogens is 2150 g/mol. The molecule has 143 heavy (non-hydrogen) atoms. The van der Waals surface area contributed by atoms with E-state index in [4.69, 9.17) is 80.3 Å². The second kappa shape index (κ2) is 48.4. The fourth-order valence-electron chi connectivity index (χ4n) is 19.3. The van der Waals surface area contributed by atoms with Gasteiger partial charge in [0, 0.05) is 202 Å². The molecule has 756 valence electrons. The van der Waals surface area contributed by atoms with E-state index >= 15 is 0 Å². The molecule has 4 amide bonds. The number of aliphatic hydroxyl groups excluding tert-OH is 1. The molecule has 6 N–H and O–H groups in total. The number of fused-ring (bicyclic) bond motifs is 3. The summed E-state index contributed by atoms with van der Waals surface area (Å²) < 4.78 is 59.2. The number of hydrogen-bond donors (Lipinski definition) is 5. The monoisotopic (exact) mass is 2270 g/mol. The molecule has 7 heterocycles. The van der Waals surface area contributed by atoms with Crippen LogP contribution in [0.4, 0.5) is 9.59 Å². The molecule has 4 saturated heterocycles. The van der Waals surface area contributed by atoms with Gasteiger partial charge in [0.1, 0.15) is 73.8 Å². The third kappa shape index (κ3) is 26.6. The summed E-state index contributed by atoms with van der Waals surface area (Å²) >= 11 is 24.7. The maximum Gasteiger partial charge on any atom is 0.426 e. The maximum absolute atomic E-state index is 13.5. The Morgan fingerprint density at radius 1 is 0.427 bits per heavy atom. The van der Waals surface area contributed by atoms with Gasteiger partial charge in [0.05, 0.1) is 62.4 Å². The van der Waals surface area contributed by atoms with Gasteiger partial charge < -0.3 is 68.8 Å². The lowest BCUT2D eigenvalue weighted by atomic mass is 9.81. The molecule has 10 aromatic carbocycles. The van der Waals surface area contributed by atoms with Gasteiger partial charge in [-0.1, -0.05) is 208 Å². The van der Waals surface area contributed by atoms with Gasteiger partial charge in [0.15, 0.2) is 20.6 Å². The quantitative estimate of drug-likeness (QED) is 0.0351. The highest BCUT2D eigenvalue weighted by molar-refractivity contribution is 9.11. The Kier molecular flexibility index (Phi) is 36.7. The van der Waals surface area contributed by atoms with Gasteiger partial charge in [0.2, 0.25) is 0 Å². The van der Waals surface area contributed by atoms with Crippen LogP contribution in [-0.4, -0.2) is 219 Å². The molecule has 35 heteroatoms. The van der Waals surface area contributed by atoms with E-state index in [9.17, 15) is 24.3 Å². The van der Waals surface area contributed by atoms with Crippen LogP contribution in [-0.2, 0) is 57.8 Å². The molecule has 0 spiro atoms. The summed E-state index contributed by atoms with van der Waals surface area (Å²) in [7, 11) is 13.3. The van der Waals surface area contributed by atoms with Crippen LogP contribution in [0.5, 0.6) is 46.0 Å². The molecule has 8 atom stereocenters. The summed E-state index contributed by atoms with van der Waals surface area (Å²) in [5.41, 5.74) is 12.1. The van der Waals surface area contributed by atoms with Crippen molar-refractivity contribution in [1.82, 2.24) is 40.4 Å². The van der Waals surface area contributed by atoms with Crippen LogP contribution in [0, 0.1) is 23.7 Å². The van der Waals surface area contributed by atoms with Crippen molar-refractivity contribution in [3.8, 4) is 46.0 Å². The van der Waals surface area contributed by atoms with E-state index in [1.807, 2.05) is 140 Å². The number of carbonyl (C=O) groups is 4. The zero-order valence-electron chi connectivity index (χ0n) is 82.5. The highest BCUT2D eigenvalue weighted by atomic mass is 79.9. The van der Waals surface area contributed by atoms with E-state index in [2.05, 4.69) is 166 Å². The van der Waals surface area contributed by atoms with Crippen LogP contribution in [0.2, 0.25) is 0 Å². The first kappa shape index (κ1) is 108. The number of carbonyl (C=O) groups excluding carboxylic acids is 4. The zero-order valence-corrected chi connectivity index (χ0v) is 92.1. The molecule has 7 aliphatic heterocycles. The number of rotatable bonds is 24. The van der Waals surface area contributed by atoms with E-state index in [0.717, 1.165) is 165 Å². The smallest absolute Gasteiger partial charge is 0.426 e. The number of thiocarbonyl (C=S) groups is 1. The first-order chi connectivity index (χ1) is 68.6. The van der Waals surface area contributed by atoms with E-state index in [-0.39, 0.29) is 46.1 Å². The number of thioether (sulfide) groups is 3. The number of nitrogens with zero attached hydrogens (tertiary/aromatic N) is 8. The first-order valence-electron chi connectivity index (χ1n) is 46.7. The summed E-state index contributed by atoms with van der Waals surface area (Å²) in [6.45, 7) is 19.2. The number of methoxy groups -OCH3 is 8. The highest BCUT2D eigenvalue weighted by Crippen LogP contribution is 2.52. The number of likely N-dealkylation sites (tertiary alicyclic amines) is 4. The average Bonchev–Trinajstić information content (AvgIpc) is 1.56. The minimum Gasteiger partial charge on any atom is -0.497 e. The Labute approximate surface area is 889 Å². The van der Waals surface area contributed by atoms with Crippen molar-refractivity contribution in [2.45, 2.75) is 101 Å². The Morgan fingerprint density at radius 3 is 1.15 bits per heavy atom. The third-order valence-electron chi connectivity index (χ3n) is 26.0. The number of benzene rings is 10. The molecule has 10 aromatic rings. The normalized spacial score (nSPS) is 21.3. The van der Waals surface area contributed by atoms with Crippen molar-refractivity contribution < 1.29 is 71.7 Å². The molecule has 27 nitrogen and oxygen atoms in total. The number of nitrogens with one attached hydrogen (secondary N) is 3. The van der Waals surface area contributed by atoms with E-state index < -0.39 is 40.0 Å². The lowest BCUT2D eigenvalue weighted by Crippen LogP contribution is -2.56. The van der Waals surface area contributed by atoms with Gasteiger partial charge in [-0.15, -0.1) is 0 Å². The van der Waals surface area contributed by atoms with E-state index in [1.54, 1.807) is 146 Å². The Morgan fingerprint density at radius 2 is 0.776 bits per heavy atom. The minimum absolute atomic E-state index is 0.0645. The topological polar surface area (TPSA) is 296 Å². The molecular formula is C108H122Br4N12O15S4. The van der Waals surface area contributed by atoms with E-state index in [0.29, 0.717) is 71.8 Å². The van der Waals surface area contributed by atoms with Gasteiger partial charge in [-0.3, -0.25) is 34.5 Å². The van der Waals surface area contributed by atoms with Crippen molar-refractivity contribution in [2.24, 2.45) is 44.4 Å². The number of aliphatic imine (C=N–C) groups is 3. The number of imide groups is 1. The number of amidine groups is 3. The largest absolute Gasteiger partial charge is 0.497 e. The first-order valence-corrected chi connectivity index (χ1v) is 53.2. The van der Waals surface area contributed by atoms with Crippen molar-refractivity contribution >= 4 is 156 Å². The average molecular weight is 2280 g/mol. The van der Waals surface area contributed by atoms with Crippen molar-refractivity contribution in [1.29, 1.82) is 0 Å². The van der Waals surface area contributed by atoms with Crippen LogP contribution >= 0.6 is 111 Å². The molecule has 0 unspecified atom stereocenters. The molecule has 17 rings (SSSR count). The van der Waals surface area contributed by atoms with Crippen LogP contribution in [0.15, 0.2) is 263 Å². The van der Waals surface area contributed by atoms with Gasteiger partial charge in [0.25, 0.3) is 11.8 Å². The number of hydrogen-bond acceptors (Lipinski definition) is 27. The molecule has 0 aromatic heterocycles. The highest BCUT2D eigenvalue weighted by Gasteiger charge is 2.56. The molecule has 4 fully saturated rings. The Bertz CT molecular complexity index is 6260. The fourth-order valence-corrected chi connectivity index (χ4v) is 24.5. The van der Waals surface area contributed by atoms with Gasteiger partial charge >= 0.3 is 12.2 Å². The third-order valence-corrected chi connectivity index (χ3v) is 31.2. The second-order valence-electron chi connectivity index (χ2n) is 37.7. The molecule has 0 radical (unpaired) electrons. The summed E-state index contributed by atoms with van der Waals surface area (Å²) in [6, 6.07) is 74.6. The summed E-state index contributed by atoms with van der Waals surface area (Å²) in [5, 5.41) is 21.6. The van der Waals surface area contributed by atoms with Crippen molar-refractivity contribution in [2.75, 3.05) is 133 Å². The van der Waals surface area contributed by atoms with Crippen molar-refractivity contribution in [3.05, 3.63) is 304 Å². The van der Waals surface area contributed by atoms with Gasteiger partial charge in [-0.25, -0.2) is 24.6 Å². The van der Waals surface area contributed by atoms with Gasteiger partial charge in [-0.2, -0.15) is 4.90 Å². The predicted octanol–water partition coefficient (Wildman–Crippen LogP) is 20.3. The molecule has 0 bridgehead atoms. The van der Waals surface area contributed by atoms with Crippen LogP contribution < -0.4 is 59.6 Å². The minimum atomic E-state index is -0.816. The summed E-state index contributed by atoms with van der Waals surface area (Å²) in [4.78, 5) is 78.5. The van der Waals surface area contributed by atoms with Gasteiger partial charge in [-0.05, 0) is 173 Å². The van der Waals surface area contributed by atoms with E-state index in [1.165, 1.54) is 17.3 Å². The standard InChI is InChI=1S/C31H40BrN3O6S.C28H30BrN3O4S.C28H28BrN3O3S.C21H24BrN3O2S/c1-29(2,3)40-27(36)35(28(37)41-30(4,5)6)26-33-31(21-10-9-11-23(32)14-21)19-34(17-22(31)18-42-26)16-20-12-13-24(38-7)15-25(20)39-8;1-35-24-12-11-20(25(14-24)36-2)15-32-16-22(17-33)28(18-32,21-9-6-10-23(29)13-21)31-27(37)30-26(34)19-7-4-3-5-8-19;1-34-24-12-11-20(25(14-24)35-2)15-32-16-22-17-36-27(30-26(33)19-7-4-3-5-8-19)31-28(22,18-32)21-9-6-10-23(29)13-21;1-26-18-7-6-14(19(9-18)27-2)10-25-11-16-12-28-20(23)24-21(16,13-25)15-4-3-5-17(22)8-15/h9-15,22H,16-19H2,1-8H3;3-14,22,33H,15-18H2,1-2H3,(H2,30,31,34,37);3-14,22H,15-18H2,1-2H3,(H,30,31,33);3-9,16H,10-13H2,1-2H3,(H2,23,24)/t22-,31+;2*22-,28+;16-,21+/m0100/s1. The summed E-state index contributed by atoms with van der Waals surface area (Å²) in [5.74, 6) is 8.89. The number of ether oxygens (including phenoxy) is 10. The Hall–Kier alpha value is -10.3. The summed E-state index contributed by atoms with van der Waals surface area (Å²) in [6.07, 6.45) is -1.63. The number of aliphatic hydroxyl groups is 1. The number of amides is 4. The lowest BCUT2D eigenvalue weighted by molar-refractivity contribution is 0.0149. The second-order valence-corrected chi connectivity index (χ2v) is 44.8. The molecule has 0 saturated carbocycles. The number of nitrogens with two attached hydrogens (primary N) is 1. The fraction of sp³-hybridized carbons (Fsp3) is 0.370. The van der Waals surface area contributed by atoms with Crippen LogP contribution in [0.25, 0.3) is 0 Å². The SMILES string of the molecule is COc1ccc(CN2C[C@H](CO)[C@@](NC(=S)NC(=O)c3ccccc3)(c3cccc(Br)c3)C2)c(OC)c1.COc1ccc(CN2C[C@H]3CSC(N(C(=O)OC(C)(C)C)C(=O)OC(C)(C)C)=N[C@@]3(c3cccc(Br)c3)C2)c(OC)c1.COc1ccc(CN2C[C@H]3CSC(N)=N[C@@]3(c3cccc(Br)c3)C2)c(OC)c1.COc1ccc(CN2C[C@H]3CSC(NC(=O)c4ccccc4)=N[C@@]3(c3cccc(Br)c3)C2)c(OC)c1. The van der Waals surface area contributed by atoms with Crippen LogP contribution in [0.3, 0.4) is 0 Å².